The summed E-state index contributed by atoms with van der Waals surface area (Å²) in [5.74, 6) is -3.40. The third-order valence-electron chi connectivity index (χ3n) is 5.17. The maximum Gasteiger partial charge on any atom is 0.317 e. The Hall–Kier alpha value is -0.910. The lowest BCUT2D eigenvalue weighted by atomic mass is 9.67. The van der Waals surface area contributed by atoms with Gasteiger partial charge in [-0.3, -0.25) is 0 Å². The zero-order chi connectivity index (χ0) is 15.7. The molecule has 0 radical (unpaired) electrons. The number of aliphatic hydroxyl groups is 1. The molecule has 1 atom stereocenters. The minimum absolute atomic E-state index is 0.0409. The monoisotopic (exact) mass is 304 g/mol. The van der Waals surface area contributed by atoms with Crippen LogP contribution in [0.2, 0.25) is 0 Å². The predicted octanol–water partition coefficient (Wildman–Crippen LogP) is 2.47. The summed E-state index contributed by atoms with van der Waals surface area (Å²) in [6, 6.07) is -0.295. The van der Waals surface area contributed by atoms with Crippen molar-refractivity contribution in [3.63, 3.8) is 0 Å². The molecular weight excluding hydrogens is 278 g/mol. The van der Waals surface area contributed by atoms with Crippen LogP contribution in [0.1, 0.15) is 39.5 Å². The number of carbonyl (C=O) groups is 1. The van der Waals surface area contributed by atoms with Crippen LogP contribution in [0, 0.1) is 17.3 Å². The Bertz CT molecular complexity index is 384. The first kappa shape index (κ1) is 16.5. The van der Waals surface area contributed by atoms with Crippen LogP contribution in [-0.2, 0) is 0 Å². The zero-order valence-electron chi connectivity index (χ0n) is 12.9. The second-order valence-corrected chi connectivity index (χ2v) is 7.11. The molecule has 4 nitrogen and oxygen atoms in total. The van der Waals surface area contributed by atoms with Crippen molar-refractivity contribution < 1.29 is 18.7 Å². The SMILES string of the molecule is CC(C)(CNC(=O)N1CCC(F)(F)C(CO)C1)C1CCC1. The third-order valence-corrected chi connectivity index (χ3v) is 5.17. The minimum Gasteiger partial charge on any atom is -0.396 e. The summed E-state index contributed by atoms with van der Waals surface area (Å²) in [7, 11) is 0. The minimum atomic E-state index is -2.88. The lowest BCUT2D eigenvalue weighted by Gasteiger charge is -2.41. The van der Waals surface area contributed by atoms with E-state index in [4.69, 9.17) is 5.11 Å². The Balaban J connectivity index is 1.83. The number of nitrogens with one attached hydrogen (secondary N) is 1. The Morgan fingerprint density at radius 1 is 1.43 bits per heavy atom. The molecule has 122 valence electrons. The molecule has 1 aliphatic heterocycles. The number of aliphatic hydroxyl groups excluding tert-OH is 1. The van der Waals surface area contributed by atoms with Crippen LogP contribution in [0.3, 0.4) is 0 Å². The van der Waals surface area contributed by atoms with Gasteiger partial charge in [0.15, 0.2) is 0 Å². The topological polar surface area (TPSA) is 52.6 Å². The van der Waals surface area contributed by atoms with Gasteiger partial charge in [-0.05, 0) is 24.2 Å². The summed E-state index contributed by atoms with van der Waals surface area (Å²) < 4.78 is 27.0. The van der Waals surface area contributed by atoms with Crippen molar-refractivity contribution in [3.8, 4) is 0 Å². The number of carbonyl (C=O) groups excluding carboxylic acids is 1. The van der Waals surface area contributed by atoms with Crippen molar-refractivity contribution in [1.29, 1.82) is 0 Å². The van der Waals surface area contributed by atoms with E-state index in [0.29, 0.717) is 12.5 Å². The average Bonchev–Trinajstić information content (AvgIpc) is 2.33. The van der Waals surface area contributed by atoms with E-state index in [1.54, 1.807) is 0 Å². The fraction of sp³-hybridized carbons (Fsp3) is 0.933. The van der Waals surface area contributed by atoms with Crippen molar-refractivity contribution in [3.05, 3.63) is 0 Å². The van der Waals surface area contributed by atoms with Crippen molar-refractivity contribution in [2.24, 2.45) is 17.3 Å². The second-order valence-electron chi connectivity index (χ2n) is 7.11. The molecule has 2 fully saturated rings. The highest BCUT2D eigenvalue weighted by Gasteiger charge is 2.45. The fourth-order valence-electron chi connectivity index (χ4n) is 3.10. The van der Waals surface area contributed by atoms with Gasteiger partial charge in [0.2, 0.25) is 0 Å². The van der Waals surface area contributed by atoms with Gasteiger partial charge in [0.1, 0.15) is 0 Å². The van der Waals surface area contributed by atoms with Crippen LogP contribution >= 0.6 is 0 Å². The Morgan fingerprint density at radius 3 is 2.62 bits per heavy atom. The Kier molecular flexibility index (Phi) is 4.76. The van der Waals surface area contributed by atoms with E-state index in [-0.39, 0.29) is 31.0 Å². The Labute approximate surface area is 124 Å². The highest BCUT2D eigenvalue weighted by atomic mass is 19.3. The molecular formula is C15H26F2N2O2. The molecule has 6 heteroatoms. The molecule has 2 N–H and O–H groups in total. The lowest BCUT2D eigenvalue weighted by Crippen LogP contribution is -2.54. The van der Waals surface area contributed by atoms with E-state index in [1.165, 1.54) is 24.2 Å². The van der Waals surface area contributed by atoms with E-state index < -0.39 is 18.4 Å². The third kappa shape index (κ3) is 3.65. The number of alkyl halides is 2. The molecule has 0 aromatic rings. The lowest BCUT2D eigenvalue weighted by molar-refractivity contribution is -0.112. The van der Waals surface area contributed by atoms with Gasteiger partial charge in [-0.1, -0.05) is 20.3 Å². The number of halogens is 2. The molecule has 0 aromatic heterocycles. The van der Waals surface area contributed by atoms with Gasteiger partial charge in [-0.15, -0.1) is 0 Å². The first-order valence-corrected chi connectivity index (χ1v) is 7.78. The van der Waals surface area contributed by atoms with Gasteiger partial charge in [0.05, 0.1) is 12.5 Å². The van der Waals surface area contributed by atoms with Crippen LogP contribution in [0.15, 0.2) is 0 Å². The quantitative estimate of drug-likeness (QED) is 0.838. The summed E-state index contributed by atoms with van der Waals surface area (Å²) >= 11 is 0. The molecule has 0 aromatic carbocycles. The van der Waals surface area contributed by atoms with Crippen molar-refractivity contribution >= 4 is 6.03 Å². The van der Waals surface area contributed by atoms with Crippen LogP contribution in [0.4, 0.5) is 13.6 Å². The summed E-state index contributed by atoms with van der Waals surface area (Å²) in [5, 5.41) is 11.9. The number of rotatable bonds is 4. The van der Waals surface area contributed by atoms with Gasteiger partial charge >= 0.3 is 6.03 Å². The molecule has 2 amide bonds. The average molecular weight is 304 g/mol. The summed E-state index contributed by atoms with van der Waals surface area (Å²) in [4.78, 5) is 13.5. The molecule has 0 bridgehead atoms. The number of amides is 2. The summed E-state index contributed by atoms with van der Waals surface area (Å²) in [6.07, 6.45) is 3.27. The molecule has 0 spiro atoms. The largest absolute Gasteiger partial charge is 0.396 e. The number of urea groups is 1. The zero-order valence-corrected chi connectivity index (χ0v) is 12.9. The van der Waals surface area contributed by atoms with Gasteiger partial charge in [0.25, 0.3) is 5.92 Å². The van der Waals surface area contributed by atoms with Crippen molar-refractivity contribution in [2.45, 2.75) is 45.5 Å². The van der Waals surface area contributed by atoms with Crippen molar-refractivity contribution in [1.82, 2.24) is 10.2 Å². The summed E-state index contributed by atoms with van der Waals surface area (Å²) in [5.41, 5.74) is 0.0456. The van der Waals surface area contributed by atoms with E-state index in [0.717, 1.165) is 0 Å². The van der Waals surface area contributed by atoms with Gasteiger partial charge in [-0.25, -0.2) is 13.6 Å². The van der Waals surface area contributed by atoms with E-state index in [2.05, 4.69) is 19.2 Å². The predicted molar refractivity (Wildman–Crippen MR) is 76.2 cm³/mol. The first-order valence-electron chi connectivity index (χ1n) is 7.78. The molecule has 1 saturated carbocycles. The van der Waals surface area contributed by atoms with E-state index in [9.17, 15) is 13.6 Å². The molecule has 1 saturated heterocycles. The normalized spacial score (nSPS) is 26.3. The van der Waals surface area contributed by atoms with Gasteiger partial charge in [0, 0.05) is 26.1 Å². The van der Waals surface area contributed by atoms with Crippen LogP contribution in [-0.4, -0.2) is 48.2 Å². The van der Waals surface area contributed by atoms with Crippen molar-refractivity contribution in [2.75, 3.05) is 26.2 Å². The smallest absolute Gasteiger partial charge is 0.317 e. The molecule has 2 aliphatic rings. The van der Waals surface area contributed by atoms with Gasteiger partial charge in [-0.2, -0.15) is 0 Å². The molecule has 1 heterocycles. The van der Waals surface area contributed by atoms with E-state index in [1.807, 2.05) is 0 Å². The standard InChI is InChI=1S/C15H26F2N2O2/c1-14(2,11-4-3-5-11)10-18-13(21)19-7-6-15(16,17)12(8-19)9-20/h11-12,20H,3-10H2,1-2H3,(H,18,21). The van der Waals surface area contributed by atoms with Crippen LogP contribution in [0.5, 0.6) is 0 Å². The number of hydrogen-bond acceptors (Lipinski definition) is 2. The molecule has 1 aliphatic carbocycles. The highest BCUT2D eigenvalue weighted by molar-refractivity contribution is 5.74. The first-order chi connectivity index (χ1) is 9.76. The number of nitrogens with zero attached hydrogens (tertiary/aromatic N) is 1. The summed E-state index contributed by atoms with van der Waals surface area (Å²) in [6.45, 7) is 4.20. The molecule has 2 rings (SSSR count). The van der Waals surface area contributed by atoms with Crippen LogP contribution < -0.4 is 5.32 Å². The highest BCUT2D eigenvalue weighted by Crippen LogP contribution is 2.41. The maximum absolute atomic E-state index is 13.5. The fourth-order valence-corrected chi connectivity index (χ4v) is 3.10. The number of likely N-dealkylation sites (tertiary alicyclic amines) is 1. The van der Waals surface area contributed by atoms with Gasteiger partial charge < -0.3 is 15.3 Å². The maximum atomic E-state index is 13.5. The molecule has 1 unspecified atom stereocenters. The number of hydrogen-bond donors (Lipinski definition) is 2. The van der Waals surface area contributed by atoms with Crippen LogP contribution in [0.25, 0.3) is 0 Å². The second kappa shape index (κ2) is 6.07. The number of piperidine rings is 1. The van der Waals surface area contributed by atoms with E-state index >= 15 is 0 Å². The molecule has 21 heavy (non-hydrogen) atoms. The Morgan fingerprint density at radius 2 is 2.10 bits per heavy atom.